The third-order valence-corrected chi connectivity index (χ3v) is 6.50. The molecule has 2 aromatic rings. The summed E-state index contributed by atoms with van der Waals surface area (Å²) < 4.78 is 19.7. The fraction of sp³-hybridized carbons (Fsp3) is 0.292. The SMILES string of the molecule is CCN1CCN(C(=O)NC(C(=O)N[C@H]2Cc3cccc(C(=O)O)c3OB2O)c2ccc(N)c(F)c2)C(=O)C1=O. The molecule has 39 heavy (non-hydrogen) atoms. The van der Waals surface area contributed by atoms with Crippen molar-refractivity contribution < 1.29 is 43.1 Å². The highest BCUT2D eigenvalue weighted by Gasteiger charge is 2.41. The number of piperazine rings is 1. The first-order valence-corrected chi connectivity index (χ1v) is 12.0. The minimum atomic E-state index is -1.65. The van der Waals surface area contributed by atoms with Crippen LogP contribution < -0.4 is 21.0 Å². The van der Waals surface area contributed by atoms with Crippen LogP contribution in [0.25, 0.3) is 0 Å². The largest absolute Gasteiger partial charge is 0.547 e. The highest BCUT2D eigenvalue weighted by Crippen LogP contribution is 2.30. The lowest BCUT2D eigenvalue weighted by molar-refractivity contribution is -0.153. The van der Waals surface area contributed by atoms with Crippen molar-refractivity contribution >= 4 is 42.5 Å². The molecule has 0 aliphatic carbocycles. The lowest BCUT2D eigenvalue weighted by atomic mass is 9.72. The summed E-state index contributed by atoms with van der Waals surface area (Å²) in [6, 6.07) is 5.15. The van der Waals surface area contributed by atoms with Crippen molar-refractivity contribution in [2.24, 2.45) is 0 Å². The Hall–Kier alpha value is -4.66. The number of amides is 5. The number of benzene rings is 2. The van der Waals surface area contributed by atoms with E-state index in [9.17, 15) is 38.5 Å². The summed E-state index contributed by atoms with van der Waals surface area (Å²) in [5, 5.41) is 24.8. The molecule has 13 nitrogen and oxygen atoms in total. The molecule has 0 spiro atoms. The van der Waals surface area contributed by atoms with Gasteiger partial charge in [0.1, 0.15) is 17.6 Å². The number of carbonyl (C=O) groups excluding carboxylic acids is 4. The molecule has 0 radical (unpaired) electrons. The predicted molar refractivity (Wildman–Crippen MR) is 134 cm³/mol. The van der Waals surface area contributed by atoms with Crippen LogP contribution in [0, 0.1) is 5.82 Å². The number of urea groups is 1. The van der Waals surface area contributed by atoms with Crippen molar-refractivity contribution in [3.63, 3.8) is 0 Å². The van der Waals surface area contributed by atoms with Crippen LogP contribution in [0.3, 0.4) is 0 Å². The molecular weight excluding hydrogens is 516 g/mol. The second-order valence-corrected chi connectivity index (χ2v) is 8.93. The van der Waals surface area contributed by atoms with Gasteiger partial charge in [-0.15, -0.1) is 0 Å². The van der Waals surface area contributed by atoms with Crippen LogP contribution in [0.4, 0.5) is 14.9 Å². The van der Waals surface area contributed by atoms with E-state index in [1.807, 2.05) is 0 Å². The standard InChI is InChI=1S/C24H25BFN5O8/c1-2-30-8-9-31(22(34)21(30)33)24(37)29-18(12-6-7-16(27)15(26)10-12)20(32)28-17-11-13-4-3-5-14(23(35)36)19(13)39-25(17)38/h3-7,10,17-18,38H,2,8-9,11,27H2,1H3,(H,28,32)(H,29,37)(H,35,36)/t17-,18?/m0/s1. The number of anilines is 1. The molecular formula is C24H25BFN5O8. The van der Waals surface area contributed by atoms with Gasteiger partial charge in [-0.25, -0.2) is 14.0 Å². The predicted octanol–water partition coefficient (Wildman–Crippen LogP) is -0.313. The Morgan fingerprint density at radius 3 is 2.62 bits per heavy atom. The van der Waals surface area contributed by atoms with Crippen LogP contribution >= 0.6 is 0 Å². The van der Waals surface area contributed by atoms with Gasteiger partial charge in [-0.1, -0.05) is 18.2 Å². The molecule has 2 aliphatic rings. The van der Waals surface area contributed by atoms with E-state index in [4.69, 9.17) is 10.4 Å². The highest BCUT2D eigenvalue weighted by atomic mass is 19.1. The fourth-order valence-electron chi connectivity index (χ4n) is 4.38. The molecule has 2 atom stereocenters. The molecule has 2 heterocycles. The van der Waals surface area contributed by atoms with Gasteiger partial charge in [0, 0.05) is 19.6 Å². The average Bonchev–Trinajstić information content (AvgIpc) is 2.90. The molecule has 1 unspecified atom stereocenters. The van der Waals surface area contributed by atoms with Gasteiger partial charge in [0.2, 0.25) is 5.91 Å². The normalized spacial score (nSPS) is 17.7. The molecule has 1 fully saturated rings. The number of hydrogen-bond donors (Lipinski definition) is 5. The maximum absolute atomic E-state index is 14.3. The Kier molecular flexibility index (Phi) is 7.71. The van der Waals surface area contributed by atoms with E-state index in [2.05, 4.69) is 10.6 Å². The Labute approximate surface area is 221 Å². The van der Waals surface area contributed by atoms with Crippen molar-refractivity contribution in [3.05, 3.63) is 58.9 Å². The Morgan fingerprint density at radius 1 is 1.21 bits per heavy atom. The lowest BCUT2D eigenvalue weighted by Crippen LogP contribution is -2.60. The van der Waals surface area contributed by atoms with Gasteiger partial charge in [0.05, 0.1) is 17.2 Å². The van der Waals surface area contributed by atoms with Crippen LogP contribution in [-0.4, -0.2) is 82.3 Å². The molecule has 0 aromatic heterocycles. The summed E-state index contributed by atoms with van der Waals surface area (Å²) >= 11 is 0. The number of likely N-dealkylation sites (N-methyl/N-ethyl adjacent to an activating group) is 1. The number of imide groups is 1. The summed E-state index contributed by atoms with van der Waals surface area (Å²) in [6.45, 7) is 1.94. The topological polar surface area (TPSA) is 192 Å². The van der Waals surface area contributed by atoms with E-state index in [0.717, 1.165) is 6.07 Å². The number of carboxylic acids is 1. The van der Waals surface area contributed by atoms with Crippen LogP contribution in [0.1, 0.15) is 34.5 Å². The summed E-state index contributed by atoms with van der Waals surface area (Å²) in [5.74, 6) is -6.10. The smallest absolute Gasteiger partial charge is 0.534 e. The molecule has 0 bridgehead atoms. The van der Waals surface area contributed by atoms with E-state index in [1.165, 1.54) is 29.2 Å². The average molecular weight is 541 g/mol. The number of rotatable bonds is 6. The van der Waals surface area contributed by atoms with Gasteiger partial charge in [-0.05, 0) is 42.7 Å². The minimum absolute atomic E-state index is 0.0217. The molecule has 4 rings (SSSR count). The van der Waals surface area contributed by atoms with Gasteiger partial charge in [-0.2, -0.15) is 0 Å². The fourth-order valence-corrected chi connectivity index (χ4v) is 4.38. The van der Waals surface area contributed by atoms with Gasteiger partial charge >= 0.3 is 30.9 Å². The van der Waals surface area contributed by atoms with E-state index in [1.54, 1.807) is 13.0 Å². The number of para-hydroxylation sites is 1. The van der Waals surface area contributed by atoms with Crippen molar-refractivity contribution in [2.75, 3.05) is 25.4 Å². The van der Waals surface area contributed by atoms with Crippen molar-refractivity contribution in [2.45, 2.75) is 25.3 Å². The number of aromatic carboxylic acids is 1. The van der Waals surface area contributed by atoms with E-state index < -0.39 is 54.6 Å². The third kappa shape index (κ3) is 5.48. The zero-order valence-electron chi connectivity index (χ0n) is 20.7. The first kappa shape index (κ1) is 27.4. The number of nitrogens with two attached hydrogens (primary N) is 1. The molecule has 0 saturated carbocycles. The zero-order chi connectivity index (χ0) is 28.4. The lowest BCUT2D eigenvalue weighted by Gasteiger charge is -2.33. The molecule has 2 aromatic carbocycles. The number of carboxylic acid groups (broad SMARTS) is 1. The summed E-state index contributed by atoms with van der Waals surface area (Å²) in [6.07, 6.45) is -0.0217. The van der Waals surface area contributed by atoms with Crippen molar-refractivity contribution in [1.82, 2.24) is 20.4 Å². The maximum atomic E-state index is 14.3. The number of halogens is 1. The zero-order valence-corrected chi connectivity index (χ0v) is 20.7. The number of nitrogens with zero attached hydrogens (tertiary/aromatic N) is 2. The number of carbonyl (C=O) groups is 5. The van der Waals surface area contributed by atoms with Crippen molar-refractivity contribution in [3.8, 4) is 5.75 Å². The molecule has 204 valence electrons. The van der Waals surface area contributed by atoms with E-state index >= 15 is 0 Å². The van der Waals surface area contributed by atoms with Gasteiger partial charge in [-0.3, -0.25) is 19.3 Å². The summed E-state index contributed by atoms with van der Waals surface area (Å²) in [4.78, 5) is 64.5. The van der Waals surface area contributed by atoms with Crippen molar-refractivity contribution in [1.29, 1.82) is 0 Å². The number of fused-ring (bicyclic) bond motifs is 1. The van der Waals surface area contributed by atoms with Gasteiger partial charge in [0.15, 0.2) is 0 Å². The summed E-state index contributed by atoms with van der Waals surface area (Å²) in [7, 11) is -1.65. The van der Waals surface area contributed by atoms with Crippen LogP contribution in [0.15, 0.2) is 36.4 Å². The van der Waals surface area contributed by atoms with Crippen LogP contribution in [-0.2, 0) is 20.8 Å². The second-order valence-electron chi connectivity index (χ2n) is 8.93. The van der Waals surface area contributed by atoms with Crippen LogP contribution in [0.5, 0.6) is 5.75 Å². The second kappa shape index (κ2) is 11.0. The van der Waals surface area contributed by atoms with Gasteiger partial charge in [0.25, 0.3) is 0 Å². The Morgan fingerprint density at radius 2 is 1.95 bits per heavy atom. The molecule has 5 amide bonds. The monoisotopic (exact) mass is 541 g/mol. The maximum Gasteiger partial charge on any atom is 0.547 e. The molecule has 1 saturated heterocycles. The quantitative estimate of drug-likeness (QED) is 0.185. The first-order chi connectivity index (χ1) is 18.5. The molecule has 6 N–H and O–H groups in total. The Bertz CT molecular complexity index is 1360. The third-order valence-electron chi connectivity index (χ3n) is 6.50. The van der Waals surface area contributed by atoms with E-state index in [-0.39, 0.29) is 48.6 Å². The summed E-state index contributed by atoms with van der Waals surface area (Å²) in [5.41, 5.74) is 5.54. The number of nitrogen functional groups attached to an aromatic ring is 1. The highest BCUT2D eigenvalue weighted by molar-refractivity contribution is 6.47. The van der Waals surface area contributed by atoms with E-state index in [0.29, 0.717) is 10.5 Å². The van der Waals surface area contributed by atoms with Crippen LogP contribution in [0.2, 0.25) is 0 Å². The van der Waals surface area contributed by atoms with Gasteiger partial charge < -0.3 is 36.1 Å². The number of hydrogen-bond acceptors (Lipinski definition) is 8. The molecule has 15 heteroatoms. The minimum Gasteiger partial charge on any atom is -0.534 e. The number of nitrogens with one attached hydrogen (secondary N) is 2. The molecule has 2 aliphatic heterocycles. The first-order valence-electron chi connectivity index (χ1n) is 12.0. The Balaban J connectivity index is 1.57.